The van der Waals surface area contributed by atoms with Gasteiger partial charge in [0.15, 0.2) is 17.5 Å². The van der Waals surface area contributed by atoms with Crippen molar-refractivity contribution in [3.05, 3.63) is 187 Å². The monoisotopic (exact) mass is 717 g/mol. The molecule has 0 unspecified atom stereocenters. The molecule has 264 valence electrons. The molecule has 0 saturated carbocycles. The lowest BCUT2D eigenvalue weighted by molar-refractivity contribution is 0.660. The predicted molar refractivity (Wildman–Crippen MR) is 229 cm³/mol. The van der Waals surface area contributed by atoms with E-state index in [2.05, 4.69) is 184 Å². The summed E-state index contributed by atoms with van der Waals surface area (Å²) in [4.78, 5) is 15.7. The summed E-state index contributed by atoms with van der Waals surface area (Å²) >= 11 is 0. The average molecular weight is 718 g/mol. The lowest BCUT2D eigenvalue weighted by Crippen LogP contribution is -2.14. The first-order valence-corrected chi connectivity index (χ1v) is 19.1. The van der Waals surface area contributed by atoms with Crippen molar-refractivity contribution >= 4 is 32.7 Å². The molecule has 1 aliphatic rings. The highest BCUT2D eigenvalue weighted by Gasteiger charge is 2.35. The second-order valence-electron chi connectivity index (χ2n) is 15.2. The molecular weight excluding hydrogens is 683 g/mol. The maximum absolute atomic E-state index is 6.63. The number of benzene rings is 8. The Morgan fingerprint density at radius 3 is 1.66 bits per heavy atom. The van der Waals surface area contributed by atoms with Gasteiger partial charge >= 0.3 is 0 Å². The zero-order chi connectivity index (χ0) is 37.4. The highest BCUT2D eigenvalue weighted by Crippen LogP contribution is 2.49. The van der Waals surface area contributed by atoms with Crippen LogP contribution in [0.15, 0.2) is 180 Å². The van der Waals surface area contributed by atoms with Gasteiger partial charge in [0.05, 0.1) is 0 Å². The molecule has 0 fully saturated rings. The van der Waals surface area contributed by atoms with Crippen LogP contribution in [0.3, 0.4) is 0 Å². The van der Waals surface area contributed by atoms with Crippen molar-refractivity contribution in [2.75, 3.05) is 0 Å². The maximum Gasteiger partial charge on any atom is 0.164 e. The van der Waals surface area contributed by atoms with E-state index in [9.17, 15) is 0 Å². The van der Waals surface area contributed by atoms with Gasteiger partial charge < -0.3 is 4.42 Å². The van der Waals surface area contributed by atoms with Crippen molar-refractivity contribution in [2.24, 2.45) is 0 Å². The molecule has 0 spiro atoms. The lowest BCUT2D eigenvalue weighted by Gasteiger charge is -2.21. The van der Waals surface area contributed by atoms with Crippen LogP contribution in [0, 0.1) is 0 Å². The fourth-order valence-electron chi connectivity index (χ4n) is 8.76. The predicted octanol–water partition coefficient (Wildman–Crippen LogP) is 13.6. The van der Waals surface area contributed by atoms with E-state index in [-0.39, 0.29) is 5.41 Å². The van der Waals surface area contributed by atoms with Crippen molar-refractivity contribution in [3.63, 3.8) is 0 Å². The summed E-state index contributed by atoms with van der Waals surface area (Å²) in [5.74, 6) is 1.86. The summed E-state index contributed by atoms with van der Waals surface area (Å²) in [7, 11) is 0. The molecule has 4 nitrogen and oxygen atoms in total. The van der Waals surface area contributed by atoms with E-state index >= 15 is 0 Å². The van der Waals surface area contributed by atoms with Gasteiger partial charge in [-0.05, 0) is 80.2 Å². The summed E-state index contributed by atoms with van der Waals surface area (Å²) in [6.07, 6.45) is 0. The zero-order valence-electron chi connectivity index (χ0n) is 31.0. The summed E-state index contributed by atoms with van der Waals surface area (Å²) < 4.78 is 6.63. The van der Waals surface area contributed by atoms with E-state index in [1.807, 2.05) is 6.07 Å². The van der Waals surface area contributed by atoms with Gasteiger partial charge in [0.2, 0.25) is 0 Å². The van der Waals surface area contributed by atoms with Crippen LogP contribution in [0.1, 0.15) is 25.0 Å². The first-order valence-electron chi connectivity index (χ1n) is 19.1. The Balaban J connectivity index is 1.14. The SMILES string of the molecule is CC1(C)c2ccccc2-c2cc(-c3nc(-c4ccc5oc6c7ccccc7c(-c7ccccc7)cc6c5c4)nc(-c4ccccc4-c4ccccc4)n3)ccc21. The Hall–Kier alpha value is -7.17. The third kappa shape index (κ3) is 5.03. The Morgan fingerprint density at radius 2 is 0.911 bits per heavy atom. The van der Waals surface area contributed by atoms with Crippen LogP contribution in [-0.4, -0.2) is 15.0 Å². The molecule has 1 aliphatic carbocycles. The Bertz CT molecular complexity index is 3160. The fraction of sp³-hybridized carbons (Fsp3) is 0.0577. The minimum Gasteiger partial charge on any atom is -0.455 e. The molecule has 2 aromatic heterocycles. The first kappa shape index (κ1) is 32.3. The average Bonchev–Trinajstić information content (AvgIpc) is 3.75. The first-order chi connectivity index (χ1) is 27.5. The molecule has 0 radical (unpaired) electrons. The molecule has 0 amide bonds. The van der Waals surface area contributed by atoms with Crippen LogP contribution in [0.2, 0.25) is 0 Å². The van der Waals surface area contributed by atoms with Crippen LogP contribution >= 0.6 is 0 Å². The summed E-state index contributed by atoms with van der Waals surface area (Å²) in [6, 6.07) is 61.9. The standard InChI is InChI=1S/C52H35N3O/c1-52(2)45-24-14-13-21-38(45)42-29-34(25-27-46(42)52)49-53-50(55-51(54-49)40-23-12-9-19-36(40)32-15-5-3-6-16-32)35-26-28-47-43(30-35)44-31-41(33-17-7-4-8-18-33)37-20-10-11-22-39(37)48(44)56-47/h3-31H,1-2H3. The molecule has 2 heterocycles. The number of nitrogens with zero attached hydrogens (tertiary/aromatic N) is 3. The third-order valence-electron chi connectivity index (χ3n) is 11.5. The smallest absolute Gasteiger partial charge is 0.164 e. The van der Waals surface area contributed by atoms with Crippen LogP contribution in [0.5, 0.6) is 0 Å². The largest absolute Gasteiger partial charge is 0.455 e. The normalized spacial score (nSPS) is 13.0. The Morgan fingerprint density at radius 1 is 0.357 bits per heavy atom. The van der Waals surface area contributed by atoms with Crippen LogP contribution in [0.25, 0.3) is 100 Å². The molecule has 0 saturated heterocycles. The van der Waals surface area contributed by atoms with Gasteiger partial charge in [-0.3, -0.25) is 0 Å². The van der Waals surface area contributed by atoms with E-state index in [1.54, 1.807) is 0 Å². The zero-order valence-corrected chi connectivity index (χ0v) is 31.0. The van der Waals surface area contributed by atoms with Gasteiger partial charge in [-0.2, -0.15) is 0 Å². The van der Waals surface area contributed by atoms with E-state index in [1.165, 1.54) is 33.4 Å². The molecule has 0 aliphatic heterocycles. The van der Waals surface area contributed by atoms with Gasteiger partial charge in [0.25, 0.3) is 0 Å². The fourth-order valence-corrected chi connectivity index (χ4v) is 8.76. The molecule has 8 aromatic carbocycles. The molecule has 56 heavy (non-hydrogen) atoms. The number of hydrogen-bond donors (Lipinski definition) is 0. The Kier molecular flexibility index (Phi) is 7.17. The minimum absolute atomic E-state index is 0.0943. The summed E-state index contributed by atoms with van der Waals surface area (Å²) in [5, 5.41) is 4.33. The number of fused-ring (bicyclic) bond motifs is 8. The van der Waals surface area contributed by atoms with E-state index in [0.717, 1.165) is 60.5 Å². The topological polar surface area (TPSA) is 51.8 Å². The lowest BCUT2D eigenvalue weighted by atomic mass is 9.82. The van der Waals surface area contributed by atoms with Gasteiger partial charge in [-0.1, -0.05) is 159 Å². The van der Waals surface area contributed by atoms with E-state index < -0.39 is 0 Å². The third-order valence-corrected chi connectivity index (χ3v) is 11.5. The molecule has 11 rings (SSSR count). The van der Waals surface area contributed by atoms with E-state index in [4.69, 9.17) is 19.4 Å². The Labute approximate surface area is 324 Å². The summed E-state index contributed by atoms with van der Waals surface area (Å²) in [6.45, 7) is 4.61. The highest BCUT2D eigenvalue weighted by molar-refractivity contribution is 6.19. The highest BCUT2D eigenvalue weighted by atomic mass is 16.3. The van der Waals surface area contributed by atoms with Gasteiger partial charge in [-0.25, -0.2) is 15.0 Å². The molecule has 10 aromatic rings. The molecule has 0 bridgehead atoms. The second-order valence-corrected chi connectivity index (χ2v) is 15.2. The summed E-state index contributed by atoms with van der Waals surface area (Å²) in [5.41, 5.74) is 14.0. The van der Waals surface area contributed by atoms with Crippen LogP contribution in [-0.2, 0) is 5.41 Å². The van der Waals surface area contributed by atoms with Crippen LogP contribution < -0.4 is 0 Å². The van der Waals surface area contributed by atoms with Gasteiger partial charge in [0, 0.05) is 38.3 Å². The molecule has 0 N–H and O–H groups in total. The van der Waals surface area contributed by atoms with Gasteiger partial charge in [-0.15, -0.1) is 0 Å². The number of aromatic nitrogens is 3. The van der Waals surface area contributed by atoms with Gasteiger partial charge in [0.1, 0.15) is 11.2 Å². The number of rotatable bonds is 5. The van der Waals surface area contributed by atoms with Crippen molar-refractivity contribution in [1.82, 2.24) is 15.0 Å². The van der Waals surface area contributed by atoms with Crippen molar-refractivity contribution < 1.29 is 4.42 Å². The van der Waals surface area contributed by atoms with Crippen molar-refractivity contribution in [2.45, 2.75) is 19.3 Å². The minimum atomic E-state index is -0.0943. The van der Waals surface area contributed by atoms with Crippen molar-refractivity contribution in [1.29, 1.82) is 0 Å². The number of hydrogen-bond acceptors (Lipinski definition) is 4. The molecule has 0 atom stereocenters. The maximum atomic E-state index is 6.63. The second kappa shape index (κ2) is 12.4. The van der Waals surface area contributed by atoms with E-state index in [0.29, 0.717) is 17.5 Å². The van der Waals surface area contributed by atoms with Crippen LogP contribution in [0.4, 0.5) is 0 Å². The quantitative estimate of drug-likeness (QED) is 0.178. The number of furan rings is 1. The van der Waals surface area contributed by atoms with Crippen molar-refractivity contribution in [3.8, 4) is 67.5 Å². The molecular formula is C52H35N3O. The molecule has 4 heteroatoms.